The Labute approximate surface area is 195 Å². The molecule has 0 aliphatic carbocycles. The molecule has 0 bridgehead atoms. The van der Waals surface area contributed by atoms with Gasteiger partial charge in [-0.1, -0.05) is 79.7 Å². The van der Waals surface area contributed by atoms with Crippen LogP contribution >= 0.6 is 0 Å². The standard InChI is InChI=1S/C28H31FN2O2/c1-2-9-27(32)31(21-24-14-16-25(29)17-15-24)26(20-23-12-7-4-8-13-23)28(33)30-19-18-22-10-5-3-6-11-22/h3-8,10-17,26H,2,9,18-21H2,1H3,(H,30,33). The summed E-state index contributed by atoms with van der Waals surface area (Å²) in [5.74, 6) is -0.591. The molecule has 33 heavy (non-hydrogen) atoms. The Hall–Kier alpha value is -3.47. The molecule has 1 atom stereocenters. The van der Waals surface area contributed by atoms with Gasteiger partial charge >= 0.3 is 0 Å². The van der Waals surface area contributed by atoms with Gasteiger partial charge in [0.15, 0.2) is 0 Å². The predicted octanol–water partition coefficient (Wildman–Crippen LogP) is 4.92. The fourth-order valence-electron chi connectivity index (χ4n) is 3.79. The molecule has 0 fully saturated rings. The molecule has 0 heterocycles. The highest BCUT2D eigenvalue weighted by molar-refractivity contribution is 5.88. The maximum atomic E-state index is 13.4. The number of hydrogen-bond donors (Lipinski definition) is 1. The van der Waals surface area contributed by atoms with Crippen LogP contribution in [0.15, 0.2) is 84.9 Å². The number of benzene rings is 3. The van der Waals surface area contributed by atoms with Crippen molar-refractivity contribution in [2.75, 3.05) is 6.54 Å². The molecule has 1 unspecified atom stereocenters. The van der Waals surface area contributed by atoms with Crippen molar-refractivity contribution < 1.29 is 14.0 Å². The van der Waals surface area contributed by atoms with Gasteiger partial charge in [0.1, 0.15) is 11.9 Å². The van der Waals surface area contributed by atoms with Gasteiger partial charge in [0, 0.05) is 25.9 Å². The molecule has 1 N–H and O–H groups in total. The molecule has 2 amide bonds. The van der Waals surface area contributed by atoms with Gasteiger partial charge in [0.2, 0.25) is 11.8 Å². The van der Waals surface area contributed by atoms with Crippen LogP contribution in [0.5, 0.6) is 0 Å². The highest BCUT2D eigenvalue weighted by Gasteiger charge is 2.29. The van der Waals surface area contributed by atoms with Crippen LogP contribution in [0.3, 0.4) is 0 Å². The quantitative estimate of drug-likeness (QED) is 0.454. The van der Waals surface area contributed by atoms with E-state index < -0.39 is 6.04 Å². The van der Waals surface area contributed by atoms with Gasteiger partial charge in [-0.3, -0.25) is 9.59 Å². The number of carbonyl (C=O) groups excluding carboxylic acids is 2. The van der Waals surface area contributed by atoms with Crippen LogP contribution < -0.4 is 5.32 Å². The third-order valence-corrected chi connectivity index (χ3v) is 5.56. The lowest BCUT2D eigenvalue weighted by Crippen LogP contribution is -2.50. The van der Waals surface area contributed by atoms with E-state index in [1.165, 1.54) is 12.1 Å². The Bertz CT molecular complexity index is 1010. The number of halogens is 1. The lowest BCUT2D eigenvalue weighted by atomic mass is 10.0. The minimum Gasteiger partial charge on any atom is -0.354 e. The van der Waals surface area contributed by atoms with Crippen molar-refractivity contribution in [1.82, 2.24) is 10.2 Å². The summed E-state index contributed by atoms with van der Waals surface area (Å²) >= 11 is 0. The molecule has 4 nitrogen and oxygen atoms in total. The van der Waals surface area contributed by atoms with E-state index in [1.54, 1.807) is 17.0 Å². The van der Waals surface area contributed by atoms with E-state index in [-0.39, 0.29) is 24.2 Å². The summed E-state index contributed by atoms with van der Waals surface area (Å²) in [5, 5.41) is 3.03. The lowest BCUT2D eigenvalue weighted by molar-refractivity contribution is -0.141. The highest BCUT2D eigenvalue weighted by atomic mass is 19.1. The van der Waals surface area contributed by atoms with Crippen LogP contribution in [0.2, 0.25) is 0 Å². The van der Waals surface area contributed by atoms with Crippen molar-refractivity contribution in [2.24, 2.45) is 0 Å². The SMILES string of the molecule is CCCC(=O)N(Cc1ccc(F)cc1)C(Cc1ccccc1)C(=O)NCCc1ccccc1. The number of nitrogens with one attached hydrogen (secondary N) is 1. The Kier molecular flexibility index (Phi) is 9.19. The summed E-state index contributed by atoms with van der Waals surface area (Å²) in [5.41, 5.74) is 2.91. The molecule has 3 aromatic carbocycles. The van der Waals surface area contributed by atoms with Crippen molar-refractivity contribution in [1.29, 1.82) is 0 Å². The summed E-state index contributed by atoms with van der Waals surface area (Å²) in [4.78, 5) is 28.1. The number of nitrogens with zero attached hydrogens (tertiary/aromatic N) is 1. The maximum Gasteiger partial charge on any atom is 0.243 e. The molecular formula is C28H31FN2O2. The molecule has 0 aromatic heterocycles. The molecule has 0 radical (unpaired) electrons. The first kappa shape index (κ1) is 24.2. The fraction of sp³-hybridized carbons (Fsp3) is 0.286. The van der Waals surface area contributed by atoms with E-state index in [4.69, 9.17) is 0 Å². The zero-order valence-electron chi connectivity index (χ0n) is 19.0. The van der Waals surface area contributed by atoms with Crippen molar-refractivity contribution in [2.45, 2.75) is 45.2 Å². The molecule has 0 aliphatic rings. The summed E-state index contributed by atoms with van der Waals surface area (Å²) in [6.45, 7) is 2.68. The first-order chi connectivity index (χ1) is 16.1. The van der Waals surface area contributed by atoms with E-state index in [0.29, 0.717) is 32.2 Å². The summed E-state index contributed by atoms with van der Waals surface area (Å²) in [6.07, 6.45) is 2.16. The minimum absolute atomic E-state index is 0.0824. The van der Waals surface area contributed by atoms with Gasteiger partial charge in [-0.2, -0.15) is 0 Å². The number of hydrogen-bond acceptors (Lipinski definition) is 2. The Morgan fingerprint density at radius 2 is 1.45 bits per heavy atom. The number of rotatable bonds is 11. The molecule has 3 aromatic rings. The van der Waals surface area contributed by atoms with Crippen molar-refractivity contribution in [3.05, 3.63) is 107 Å². The van der Waals surface area contributed by atoms with Crippen molar-refractivity contribution >= 4 is 11.8 Å². The summed E-state index contributed by atoms with van der Waals surface area (Å²) < 4.78 is 13.4. The third-order valence-electron chi connectivity index (χ3n) is 5.56. The van der Waals surface area contributed by atoms with Crippen LogP contribution in [-0.4, -0.2) is 29.3 Å². The molecule has 0 spiro atoms. The zero-order chi connectivity index (χ0) is 23.5. The Morgan fingerprint density at radius 3 is 2.06 bits per heavy atom. The van der Waals surface area contributed by atoms with E-state index >= 15 is 0 Å². The van der Waals surface area contributed by atoms with E-state index in [9.17, 15) is 14.0 Å². The van der Waals surface area contributed by atoms with E-state index in [0.717, 1.165) is 16.7 Å². The van der Waals surface area contributed by atoms with Crippen molar-refractivity contribution in [3.8, 4) is 0 Å². The van der Waals surface area contributed by atoms with Gasteiger partial charge in [0.05, 0.1) is 0 Å². The number of carbonyl (C=O) groups is 2. The Balaban J connectivity index is 1.81. The molecule has 0 aliphatic heterocycles. The van der Waals surface area contributed by atoms with Crippen LogP contribution in [0, 0.1) is 5.82 Å². The largest absolute Gasteiger partial charge is 0.354 e. The summed E-state index contributed by atoms with van der Waals surface area (Å²) in [6, 6.07) is 25.1. The first-order valence-electron chi connectivity index (χ1n) is 11.5. The second kappa shape index (κ2) is 12.5. The van der Waals surface area contributed by atoms with Gasteiger partial charge < -0.3 is 10.2 Å². The van der Waals surface area contributed by atoms with Crippen LogP contribution in [0.1, 0.15) is 36.5 Å². The molecular weight excluding hydrogens is 415 g/mol. The maximum absolute atomic E-state index is 13.4. The Morgan fingerprint density at radius 1 is 0.848 bits per heavy atom. The third kappa shape index (κ3) is 7.56. The molecule has 172 valence electrons. The van der Waals surface area contributed by atoms with Crippen molar-refractivity contribution in [3.63, 3.8) is 0 Å². The van der Waals surface area contributed by atoms with E-state index in [1.807, 2.05) is 67.6 Å². The monoisotopic (exact) mass is 446 g/mol. The minimum atomic E-state index is -0.660. The highest BCUT2D eigenvalue weighted by Crippen LogP contribution is 2.17. The second-order valence-corrected chi connectivity index (χ2v) is 8.13. The number of amides is 2. The van der Waals surface area contributed by atoms with Gasteiger partial charge in [-0.25, -0.2) is 4.39 Å². The second-order valence-electron chi connectivity index (χ2n) is 8.13. The lowest BCUT2D eigenvalue weighted by Gasteiger charge is -2.31. The average molecular weight is 447 g/mol. The predicted molar refractivity (Wildman–Crippen MR) is 129 cm³/mol. The smallest absolute Gasteiger partial charge is 0.243 e. The van der Waals surface area contributed by atoms with Gasteiger partial charge in [-0.05, 0) is 41.7 Å². The molecule has 0 saturated heterocycles. The van der Waals surface area contributed by atoms with Gasteiger partial charge in [0.25, 0.3) is 0 Å². The zero-order valence-corrected chi connectivity index (χ0v) is 19.0. The first-order valence-corrected chi connectivity index (χ1v) is 11.5. The molecule has 3 rings (SSSR count). The van der Waals surface area contributed by atoms with Crippen LogP contribution in [0.4, 0.5) is 4.39 Å². The normalized spacial score (nSPS) is 11.6. The molecule has 5 heteroatoms. The topological polar surface area (TPSA) is 49.4 Å². The fourth-order valence-corrected chi connectivity index (χ4v) is 3.79. The van der Waals surface area contributed by atoms with Crippen LogP contribution in [-0.2, 0) is 29.0 Å². The van der Waals surface area contributed by atoms with Gasteiger partial charge in [-0.15, -0.1) is 0 Å². The summed E-state index contributed by atoms with van der Waals surface area (Å²) in [7, 11) is 0. The average Bonchev–Trinajstić information content (AvgIpc) is 2.84. The molecule has 0 saturated carbocycles. The van der Waals surface area contributed by atoms with E-state index in [2.05, 4.69) is 5.32 Å². The van der Waals surface area contributed by atoms with Crippen LogP contribution in [0.25, 0.3) is 0 Å².